The second kappa shape index (κ2) is 9.59. The van der Waals surface area contributed by atoms with Gasteiger partial charge < -0.3 is 14.8 Å². The second-order valence-corrected chi connectivity index (χ2v) is 8.72. The normalized spacial score (nSPS) is 27.6. The number of nitrogens with zero attached hydrogens (tertiary/aromatic N) is 3. The second-order valence-electron chi connectivity index (χ2n) is 8.72. The van der Waals surface area contributed by atoms with Crippen molar-refractivity contribution in [2.75, 3.05) is 12.4 Å². The maximum absolute atomic E-state index is 12.3. The van der Waals surface area contributed by atoms with Gasteiger partial charge in [-0.05, 0) is 43.9 Å². The zero-order chi connectivity index (χ0) is 20.1. The van der Waals surface area contributed by atoms with Crippen LogP contribution >= 0.6 is 0 Å². The number of ether oxygens (including phenoxy) is 2. The number of hydrogen-bond donors (Lipinski definition) is 2. The fourth-order valence-corrected chi connectivity index (χ4v) is 5.19. The van der Waals surface area contributed by atoms with Crippen molar-refractivity contribution in [2.45, 2.75) is 89.2 Å². The molecule has 8 heteroatoms. The zero-order valence-corrected chi connectivity index (χ0v) is 17.4. The fraction of sp³-hybridized carbons (Fsp3) is 0.810. The van der Waals surface area contributed by atoms with E-state index in [0.29, 0.717) is 0 Å². The SMILES string of the molecule is COc1nc(NC(=O)NC2CCCCC2)nc(OC2CCC3CCCCC3C2)n1. The molecular weight excluding hydrogens is 370 g/mol. The fourth-order valence-electron chi connectivity index (χ4n) is 5.19. The molecule has 160 valence electrons. The van der Waals surface area contributed by atoms with Gasteiger partial charge in [0.05, 0.1) is 7.11 Å². The summed E-state index contributed by atoms with van der Waals surface area (Å²) in [5, 5.41) is 5.72. The summed E-state index contributed by atoms with van der Waals surface area (Å²) in [6, 6.07) is 0.297. The molecule has 3 unspecified atom stereocenters. The van der Waals surface area contributed by atoms with Crippen molar-refractivity contribution in [1.82, 2.24) is 20.3 Å². The van der Waals surface area contributed by atoms with E-state index < -0.39 is 0 Å². The minimum Gasteiger partial charge on any atom is -0.467 e. The highest BCUT2D eigenvalue weighted by Gasteiger charge is 2.33. The van der Waals surface area contributed by atoms with E-state index in [1.165, 1.54) is 45.6 Å². The Balaban J connectivity index is 1.36. The molecule has 4 rings (SSSR count). The van der Waals surface area contributed by atoms with Gasteiger partial charge in [0.2, 0.25) is 5.95 Å². The molecule has 0 aromatic carbocycles. The average Bonchev–Trinajstić information content (AvgIpc) is 2.74. The Morgan fingerprint density at radius 2 is 1.59 bits per heavy atom. The molecule has 0 aliphatic heterocycles. The van der Waals surface area contributed by atoms with Gasteiger partial charge >= 0.3 is 18.1 Å². The van der Waals surface area contributed by atoms with Crippen molar-refractivity contribution in [1.29, 1.82) is 0 Å². The van der Waals surface area contributed by atoms with Gasteiger partial charge in [0.1, 0.15) is 6.10 Å². The summed E-state index contributed by atoms with van der Waals surface area (Å²) < 4.78 is 11.3. The van der Waals surface area contributed by atoms with Gasteiger partial charge in [-0.15, -0.1) is 4.98 Å². The molecule has 3 atom stereocenters. The van der Waals surface area contributed by atoms with Crippen molar-refractivity contribution in [3.05, 3.63) is 0 Å². The van der Waals surface area contributed by atoms with E-state index in [4.69, 9.17) is 9.47 Å². The summed E-state index contributed by atoms with van der Waals surface area (Å²) in [4.78, 5) is 25.0. The molecule has 3 aliphatic carbocycles. The third-order valence-corrected chi connectivity index (χ3v) is 6.71. The molecule has 29 heavy (non-hydrogen) atoms. The third-order valence-electron chi connectivity index (χ3n) is 6.71. The molecular formula is C21H33N5O3. The topological polar surface area (TPSA) is 98.3 Å². The first kappa shape index (κ1) is 20.2. The van der Waals surface area contributed by atoms with E-state index in [9.17, 15) is 4.79 Å². The first-order valence-electron chi connectivity index (χ1n) is 11.2. The quantitative estimate of drug-likeness (QED) is 0.769. The van der Waals surface area contributed by atoms with Crippen LogP contribution in [0.4, 0.5) is 10.7 Å². The van der Waals surface area contributed by atoms with Crippen LogP contribution < -0.4 is 20.1 Å². The van der Waals surface area contributed by atoms with Gasteiger partial charge in [0.15, 0.2) is 0 Å². The molecule has 3 aliphatic rings. The summed E-state index contributed by atoms with van der Waals surface area (Å²) >= 11 is 0. The Morgan fingerprint density at radius 3 is 2.38 bits per heavy atom. The van der Waals surface area contributed by atoms with Gasteiger partial charge in [0, 0.05) is 6.04 Å². The summed E-state index contributed by atoms with van der Waals surface area (Å²) in [6.45, 7) is 0. The van der Waals surface area contributed by atoms with Crippen LogP contribution in [0.2, 0.25) is 0 Å². The maximum Gasteiger partial charge on any atom is 0.324 e. The first-order valence-corrected chi connectivity index (χ1v) is 11.2. The van der Waals surface area contributed by atoms with Crippen LogP contribution in [-0.4, -0.2) is 40.2 Å². The highest BCUT2D eigenvalue weighted by atomic mass is 16.5. The van der Waals surface area contributed by atoms with Gasteiger partial charge in [-0.2, -0.15) is 9.97 Å². The van der Waals surface area contributed by atoms with Gasteiger partial charge in [-0.1, -0.05) is 44.9 Å². The monoisotopic (exact) mass is 403 g/mol. The van der Waals surface area contributed by atoms with Gasteiger partial charge in [-0.25, -0.2) is 4.79 Å². The van der Waals surface area contributed by atoms with E-state index in [0.717, 1.165) is 50.4 Å². The van der Waals surface area contributed by atoms with Crippen LogP contribution in [0.5, 0.6) is 12.0 Å². The lowest BCUT2D eigenvalue weighted by Crippen LogP contribution is -2.39. The lowest BCUT2D eigenvalue weighted by molar-refractivity contribution is 0.0582. The summed E-state index contributed by atoms with van der Waals surface area (Å²) in [5.41, 5.74) is 0. The number of hydrogen-bond acceptors (Lipinski definition) is 6. The molecule has 1 heterocycles. The molecule has 2 amide bonds. The predicted molar refractivity (Wildman–Crippen MR) is 109 cm³/mol. The minimum absolute atomic E-state index is 0.116. The van der Waals surface area contributed by atoms with Crippen LogP contribution in [0.1, 0.15) is 77.0 Å². The lowest BCUT2D eigenvalue weighted by atomic mass is 9.70. The van der Waals surface area contributed by atoms with Crippen LogP contribution in [0.25, 0.3) is 0 Å². The molecule has 1 aromatic rings. The summed E-state index contributed by atoms with van der Waals surface area (Å²) in [6.07, 6.45) is 14.4. The maximum atomic E-state index is 12.3. The first-order chi connectivity index (χ1) is 14.2. The number of methoxy groups -OCH3 is 1. The minimum atomic E-state index is -0.293. The number of anilines is 1. The van der Waals surface area contributed by atoms with E-state index >= 15 is 0 Å². The number of aromatic nitrogens is 3. The molecule has 8 nitrogen and oxygen atoms in total. The molecule has 3 fully saturated rings. The molecule has 0 spiro atoms. The molecule has 2 N–H and O–H groups in total. The Kier molecular flexibility index (Phi) is 6.67. The van der Waals surface area contributed by atoms with E-state index in [1.807, 2.05) is 0 Å². The van der Waals surface area contributed by atoms with Crippen molar-refractivity contribution < 1.29 is 14.3 Å². The highest BCUT2D eigenvalue weighted by Crippen LogP contribution is 2.41. The van der Waals surface area contributed by atoms with E-state index in [2.05, 4.69) is 25.6 Å². The Morgan fingerprint density at radius 1 is 0.862 bits per heavy atom. The van der Waals surface area contributed by atoms with Crippen LogP contribution in [0.15, 0.2) is 0 Å². The van der Waals surface area contributed by atoms with Crippen molar-refractivity contribution >= 4 is 12.0 Å². The molecule has 0 radical (unpaired) electrons. The smallest absolute Gasteiger partial charge is 0.324 e. The number of urea groups is 1. The van der Waals surface area contributed by atoms with E-state index in [1.54, 1.807) is 0 Å². The van der Waals surface area contributed by atoms with Gasteiger partial charge in [0.25, 0.3) is 0 Å². The van der Waals surface area contributed by atoms with Crippen molar-refractivity contribution in [3.63, 3.8) is 0 Å². The number of fused-ring (bicyclic) bond motifs is 1. The third kappa shape index (κ3) is 5.48. The van der Waals surface area contributed by atoms with Crippen LogP contribution in [0, 0.1) is 11.8 Å². The van der Waals surface area contributed by atoms with Gasteiger partial charge in [-0.3, -0.25) is 5.32 Å². The average molecular weight is 404 g/mol. The Hall–Kier alpha value is -2.12. The molecule has 0 bridgehead atoms. The Bertz CT molecular complexity index is 695. The van der Waals surface area contributed by atoms with Crippen LogP contribution in [-0.2, 0) is 0 Å². The molecule has 1 aromatic heterocycles. The predicted octanol–water partition coefficient (Wildman–Crippen LogP) is 4.07. The standard InChI is InChI=1S/C21H33N5O3/c1-28-20-24-18(23-19(27)22-16-9-3-2-4-10-16)25-21(26-20)29-17-12-11-14-7-5-6-8-15(14)13-17/h14-17H,2-13H2,1H3,(H2,22,23,24,25,26,27). The number of nitrogens with one attached hydrogen (secondary N) is 2. The number of carbonyl (C=O) groups excluding carboxylic acids is 1. The number of carbonyl (C=O) groups is 1. The summed E-state index contributed by atoms with van der Waals surface area (Å²) in [7, 11) is 1.50. The number of rotatable bonds is 5. The lowest BCUT2D eigenvalue weighted by Gasteiger charge is -2.38. The van der Waals surface area contributed by atoms with Crippen molar-refractivity contribution in [3.8, 4) is 12.0 Å². The number of amides is 2. The highest BCUT2D eigenvalue weighted by molar-refractivity contribution is 5.87. The molecule has 3 saturated carbocycles. The summed E-state index contributed by atoms with van der Waals surface area (Å²) in [5.74, 6) is 1.77. The van der Waals surface area contributed by atoms with E-state index in [-0.39, 0.29) is 36.1 Å². The molecule has 0 saturated heterocycles. The Labute approximate surface area is 172 Å². The zero-order valence-electron chi connectivity index (χ0n) is 17.4. The van der Waals surface area contributed by atoms with Crippen molar-refractivity contribution in [2.24, 2.45) is 11.8 Å². The largest absolute Gasteiger partial charge is 0.467 e. The van der Waals surface area contributed by atoms with Crippen LogP contribution in [0.3, 0.4) is 0 Å².